The van der Waals surface area contributed by atoms with Gasteiger partial charge in [-0.3, -0.25) is 4.79 Å². The molecule has 30 heavy (non-hydrogen) atoms. The topological polar surface area (TPSA) is 132 Å². The fourth-order valence-corrected chi connectivity index (χ4v) is 3.26. The van der Waals surface area contributed by atoms with Crippen molar-refractivity contribution >= 4 is 11.6 Å². The number of benzene rings is 3. The van der Waals surface area contributed by atoms with E-state index in [9.17, 15) is 25.2 Å². The molecular formula is C22H18N2O6. The maximum atomic E-state index is 12.4. The highest BCUT2D eigenvalue weighted by atomic mass is 16.5. The molecule has 0 fully saturated rings. The molecule has 0 radical (unpaired) electrons. The van der Waals surface area contributed by atoms with E-state index in [2.05, 4.69) is 10.5 Å². The first-order valence-electron chi connectivity index (χ1n) is 9.09. The number of fused-ring (bicyclic) bond motifs is 1. The molecule has 152 valence electrons. The molecule has 0 bridgehead atoms. The van der Waals surface area contributed by atoms with Crippen LogP contribution >= 0.6 is 0 Å². The van der Waals surface area contributed by atoms with Gasteiger partial charge in [0, 0.05) is 18.6 Å². The number of ether oxygens (including phenoxy) is 1. The molecule has 8 nitrogen and oxygen atoms in total. The maximum Gasteiger partial charge on any atom is 0.275 e. The van der Waals surface area contributed by atoms with Crippen LogP contribution in [0.5, 0.6) is 28.7 Å². The fraction of sp³-hybridized carbons (Fsp3) is 0.0909. The lowest BCUT2D eigenvalue weighted by Crippen LogP contribution is -2.25. The molecule has 0 aromatic heterocycles. The molecule has 1 unspecified atom stereocenters. The first-order valence-corrected chi connectivity index (χ1v) is 9.09. The molecule has 0 spiro atoms. The number of nitrogens with one attached hydrogen (secondary N) is 1. The second kappa shape index (κ2) is 7.67. The molecule has 0 aliphatic carbocycles. The molecule has 0 saturated carbocycles. The minimum atomic E-state index is -0.618. The van der Waals surface area contributed by atoms with E-state index in [1.54, 1.807) is 24.3 Å². The summed E-state index contributed by atoms with van der Waals surface area (Å²) in [6, 6.07) is 15.0. The van der Waals surface area contributed by atoms with Crippen molar-refractivity contribution in [3.8, 4) is 28.7 Å². The minimum Gasteiger partial charge on any atom is -0.508 e. The number of carbonyl (C=O) groups excluding carboxylic acids is 1. The van der Waals surface area contributed by atoms with Crippen LogP contribution in [0.1, 0.15) is 34.0 Å². The van der Waals surface area contributed by atoms with Gasteiger partial charge < -0.3 is 25.2 Å². The van der Waals surface area contributed by atoms with Gasteiger partial charge in [-0.2, -0.15) is 5.10 Å². The zero-order chi connectivity index (χ0) is 21.3. The molecule has 5 N–H and O–H groups in total. The maximum absolute atomic E-state index is 12.4. The van der Waals surface area contributed by atoms with Crippen molar-refractivity contribution in [2.75, 3.05) is 0 Å². The van der Waals surface area contributed by atoms with Gasteiger partial charge in [-0.1, -0.05) is 24.3 Å². The van der Waals surface area contributed by atoms with E-state index in [-0.39, 0.29) is 46.3 Å². The number of aromatic hydroxyl groups is 4. The summed E-state index contributed by atoms with van der Waals surface area (Å²) in [5.41, 5.74) is 3.76. The monoisotopic (exact) mass is 406 g/mol. The largest absolute Gasteiger partial charge is 0.508 e. The van der Waals surface area contributed by atoms with Gasteiger partial charge in [0.15, 0.2) is 0 Å². The van der Waals surface area contributed by atoms with Gasteiger partial charge in [0.2, 0.25) is 0 Å². The van der Waals surface area contributed by atoms with Crippen LogP contribution in [-0.2, 0) is 0 Å². The van der Waals surface area contributed by atoms with E-state index in [0.717, 1.165) is 11.6 Å². The summed E-state index contributed by atoms with van der Waals surface area (Å²) in [5, 5.41) is 43.7. The van der Waals surface area contributed by atoms with Gasteiger partial charge in [0.05, 0.1) is 16.8 Å². The third-order valence-corrected chi connectivity index (χ3v) is 4.71. The molecule has 1 heterocycles. The highest BCUT2D eigenvalue weighted by Crippen LogP contribution is 2.42. The lowest BCUT2D eigenvalue weighted by Gasteiger charge is -2.28. The number of phenols is 4. The average molecular weight is 406 g/mol. The van der Waals surface area contributed by atoms with Gasteiger partial charge >= 0.3 is 0 Å². The molecule has 4 rings (SSSR count). The molecule has 3 aromatic carbocycles. The van der Waals surface area contributed by atoms with Crippen LogP contribution in [0, 0.1) is 0 Å². The summed E-state index contributed by atoms with van der Waals surface area (Å²) < 4.78 is 5.93. The summed E-state index contributed by atoms with van der Waals surface area (Å²) in [5.74, 6) is -0.924. The lowest BCUT2D eigenvalue weighted by molar-refractivity contribution is 0.0951. The van der Waals surface area contributed by atoms with E-state index in [4.69, 9.17) is 4.74 Å². The number of nitrogens with zero attached hydrogens (tertiary/aromatic N) is 1. The Bertz CT molecular complexity index is 1140. The number of amides is 1. The normalized spacial score (nSPS) is 16.5. The van der Waals surface area contributed by atoms with Crippen LogP contribution in [0.4, 0.5) is 0 Å². The van der Waals surface area contributed by atoms with Gasteiger partial charge in [-0.05, 0) is 29.8 Å². The Hall–Kier alpha value is -4.20. The van der Waals surface area contributed by atoms with Crippen molar-refractivity contribution in [2.45, 2.75) is 12.5 Å². The van der Waals surface area contributed by atoms with Gasteiger partial charge in [-0.25, -0.2) is 5.43 Å². The number of hydrogen-bond acceptors (Lipinski definition) is 7. The zero-order valence-electron chi connectivity index (χ0n) is 15.6. The molecule has 1 aliphatic heterocycles. The molecule has 1 aliphatic rings. The van der Waals surface area contributed by atoms with E-state index < -0.39 is 12.0 Å². The van der Waals surface area contributed by atoms with Crippen molar-refractivity contribution in [3.05, 3.63) is 77.4 Å². The standard InChI is InChI=1S/C22H18N2O6/c25-13-7-5-12(6-8-13)19-11-16(21-18(28)9-14(26)10-20(21)30-19)23-24-22(29)15-3-1-2-4-17(15)27/h1-10,19,25-28H,11H2,(H,24,29)/b23-16+. The number of para-hydroxylation sites is 1. The highest BCUT2D eigenvalue weighted by molar-refractivity contribution is 6.07. The number of hydrazone groups is 1. The average Bonchev–Trinajstić information content (AvgIpc) is 2.72. The van der Waals surface area contributed by atoms with Crippen LogP contribution in [0.15, 0.2) is 65.8 Å². The van der Waals surface area contributed by atoms with Crippen LogP contribution in [0.2, 0.25) is 0 Å². The van der Waals surface area contributed by atoms with Crippen molar-refractivity contribution in [2.24, 2.45) is 5.10 Å². The third-order valence-electron chi connectivity index (χ3n) is 4.71. The first-order chi connectivity index (χ1) is 14.4. The summed E-state index contributed by atoms with van der Waals surface area (Å²) in [4.78, 5) is 12.4. The van der Waals surface area contributed by atoms with Crippen LogP contribution < -0.4 is 10.2 Å². The molecule has 1 atom stereocenters. The third kappa shape index (κ3) is 3.70. The SMILES string of the molecule is O=C(N/N=C1\CC(c2ccc(O)cc2)Oc2cc(O)cc(O)c21)c1ccccc1O. The second-order valence-electron chi connectivity index (χ2n) is 6.76. The van der Waals surface area contributed by atoms with Gasteiger partial charge in [0.25, 0.3) is 5.91 Å². The van der Waals surface area contributed by atoms with Gasteiger partial charge in [-0.15, -0.1) is 0 Å². The number of hydrogen-bond donors (Lipinski definition) is 5. The smallest absolute Gasteiger partial charge is 0.275 e. The zero-order valence-corrected chi connectivity index (χ0v) is 15.6. The minimum absolute atomic E-state index is 0.0548. The van der Waals surface area contributed by atoms with Crippen molar-refractivity contribution in [3.63, 3.8) is 0 Å². The van der Waals surface area contributed by atoms with Crippen molar-refractivity contribution in [1.29, 1.82) is 0 Å². The van der Waals surface area contributed by atoms with Crippen LogP contribution in [0.25, 0.3) is 0 Å². The summed E-state index contributed by atoms with van der Waals surface area (Å²) in [6.45, 7) is 0. The van der Waals surface area contributed by atoms with Crippen LogP contribution in [-0.4, -0.2) is 32.0 Å². The Kier molecular flexibility index (Phi) is 4.89. The fourth-order valence-electron chi connectivity index (χ4n) is 3.26. The molecule has 0 saturated heterocycles. The van der Waals surface area contributed by atoms with E-state index in [1.165, 1.54) is 30.3 Å². The lowest BCUT2D eigenvalue weighted by atomic mass is 9.94. The molecule has 1 amide bonds. The quantitative estimate of drug-likeness (QED) is 0.425. The molecule has 3 aromatic rings. The molecule has 8 heteroatoms. The summed E-state index contributed by atoms with van der Waals surface area (Å²) in [6.07, 6.45) is -0.322. The first kappa shape index (κ1) is 19.1. The number of rotatable bonds is 3. The summed E-state index contributed by atoms with van der Waals surface area (Å²) in [7, 11) is 0. The number of carbonyl (C=O) groups is 1. The van der Waals surface area contributed by atoms with Crippen molar-refractivity contribution < 1.29 is 30.0 Å². The molecular weight excluding hydrogens is 388 g/mol. The van der Waals surface area contributed by atoms with Crippen LogP contribution in [0.3, 0.4) is 0 Å². The van der Waals surface area contributed by atoms with Gasteiger partial charge in [0.1, 0.15) is 34.9 Å². The second-order valence-corrected chi connectivity index (χ2v) is 6.76. The van der Waals surface area contributed by atoms with E-state index in [1.807, 2.05) is 0 Å². The van der Waals surface area contributed by atoms with E-state index >= 15 is 0 Å². The Morgan fingerprint density at radius 3 is 2.40 bits per heavy atom. The highest BCUT2D eigenvalue weighted by Gasteiger charge is 2.30. The number of phenolic OH excluding ortho intramolecular Hbond substituents is 4. The van der Waals surface area contributed by atoms with E-state index in [0.29, 0.717) is 5.71 Å². The Morgan fingerprint density at radius 2 is 1.67 bits per heavy atom. The Morgan fingerprint density at radius 1 is 0.933 bits per heavy atom. The predicted molar refractivity (Wildman–Crippen MR) is 108 cm³/mol. The van der Waals surface area contributed by atoms with Crippen molar-refractivity contribution in [1.82, 2.24) is 5.43 Å². The summed E-state index contributed by atoms with van der Waals surface area (Å²) >= 11 is 0. The Labute approximate surface area is 171 Å². The Balaban J connectivity index is 1.70. The predicted octanol–water partition coefficient (Wildman–Crippen LogP) is 3.17.